The maximum Gasteiger partial charge on any atom is 0.573 e. The van der Waals surface area contributed by atoms with Gasteiger partial charge in [0, 0.05) is 19.7 Å². The molecule has 0 aromatic heterocycles. The van der Waals surface area contributed by atoms with E-state index >= 15 is 0 Å². The van der Waals surface area contributed by atoms with Crippen molar-refractivity contribution in [2.24, 2.45) is 5.92 Å². The number of nitrogens with zero attached hydrogens (tertiary/aromatic N) is 1. The highest BCUT2D eigenvalue weighted by Crippen LogP contribution is 2.24. The number of alkyl halides is 3. The van der Waals surface area contributed by atoms with E-state index in [1.54, 1.807) is 12.1 Å². The Morgan fingerprint density at radius 1 is 1.24 bits per heavy atom. The van der Waals surface area contributed by atoms with Crippen LogP contribution in [0.25, 0.3) is 0 Å². The van der Waals surface area contributed by atoms with E-state index in [1.165, 1.54) is 12.1 Å². The molecule has 0 aliphatic carbocycles. The number of halogens is 3. The molecule has 0 radical (unpaired) electrons. The van der Waals surface area contributed by atoms with E-state index in [2.05, 4.69) is 9.64 Å². The first-order valence-electron chi connectivity index (χ1n) is 7.14. The fourth-order valence-electron chi connectivity index (χ4n) is 2.77. The molecule has 0 spiro atoms. The molecule has 1 aliphatic rings. The van der Waals surface area contributed by atoms with E-state index in [0.717, 1.165) is 37.9 Å². The van der Waals surface area contributed by atoms with E-state index in [4.69, 9.17) is 5.11 Å². The Kier molecular flexibility index (Phi) is 5.47. The van der Waals surface area contributed by atoms with Crippen LogP contribution in [0.3, 0.4) is 0 Å². The molecule has 3 nitrogen and oxygen atoms in total. The molecule has 6 heteroatoms. The number of rotatable bonds is 5. The van der Waals surface area contributed by atoms with Crippen LogP contribution >= 0.6 is 0 Å². The number of piperidine rings is 1. The van der Waals surface area contributed by atoms with Crippen molar-refractivity contribution in [1.82, 2.24) is 4.90 Å². The molecule has 2 rings (SSSR count). The van der Waals surface area contributed by atoms with Crippen LogP contribution in [0.15, 0.2) is 24.3 Å². The first-order valence-corrected chi connectivity index (χ1v) is 7.14. The zero-order chi connectivity index (χ0) is 15.3. The second-order valence-corrected chi connectivity index (χ2v) is 5.45. The standard InChI is InChI=1S/C15H20F3NO2/c16-15(17,18)21-14-5-3-13(4-6-14)11-19-8-1-2-12(10-19)7-9-20/h3-6,12,20H,1-2,7-11H2. The number of likely N-dealkylation sites (tertiary alicyclic amines) is 1. The zero-order valence-electron chi connectivity index (χ0n) is 11.8. The van der Waals surface area contributed by atoms with Gasteiger partial charge in [0.15, 0.2) is 0 Å². The summed E-state index contributed by atoms with van der Waals surface area (Å²) in [5, 5.41) is 8.99. The van der Waals surface area contributed by atoms with Gasteiger partial charge in [-0.3, -0.25) is 4.90 Å². The summed E-state index contributed by atoms with van der Waals surface area (Å²) < 4.78 is 40.1. The number of aliphatic hydroxyl groups is 1. The van der Waals surface area contributed by atoms with E-state index in [-0.39, 0.29) is 12.4 Å². The average Bonchev–Trinajstić information content (AvgIpc) is 2.40. The predicted octanol–water partition coefficient (Wildman–Crippen LogP) is 3.18. The zero-order valence-corrected chi connectivity index (χ0v) is 11.8. The van der Waals surface area contributed by atoms with Crippen LogP contribution in [0.4, 0.5) is 13.2 Å². The highest BCUT2D eigenvalue weighted by Gasteiger charge is 2.31. The minimum absolute atomic E-state index is 0.192. The number of aliphatic hydroxyl groups excluding tert-OH is 1. The molecule has 1 unspecified atom stereocenters. The molecule has 1 aliphatic heterocycles. The number of ether oxygens (including phenoxy) is 1. The normalized spacial score (nSPS) is 20.5. The van der Waals surface area contributed by atoms with Crippen LogP contribution in [0, 0.1) is 5.92 Å². The molecule has 0 amide bonds. The van der Waals surface area contributed by atoms with E-state index in [9.17, 15) is 13.2 Å². The first kappa shape index (κ1) is 16.1. The van der Waals surface area contributed by atoms with Crippen LogP contribution < -0.4 is 4.74 Å². The van der Waals surface area contributed by atoms with Gasteiger partial charge in [0.25, 0.3) is 0 Å². The maximum absolute atomic E-state index is 12.1. The number of hydrogen-bond donors (Lipinski definition) is 1. The van der Waals surface area contributed by atoms with Crippen molar-refractivity contribution >= 4 is 0 Å². The summed E-state index contributed by atoms with van der Waals surface area (Å²) in [5.74, 6) is 0.319. The van der Waals surface area contributed by atoms with Gasteiger partial charge in [0.05, 0.1) is 0 Å². The average molecular weight is 303 g/mol. The van der Waals surface area contributed by atoms with Crippen molar-refractivity contribution in [2.75, 3.05) is 19.7 Å². The van der Waals surface area contributed by atoms with Gasteiger partial charge in [-0.05, 0) is 49.4 Å². The Hall–Kier alpha value is -1.27. The van der Waals surface area contributed by atoms with Crippen LogP contribution in [0.2, 0.25) is 0 Å². The molecule has 1 saturated heterocycles. The van der Waals surface area contributed by atoms with E-state index in [1.807, 2.05) is 0 Å². The predicted molar refractivity (Wildman–Crippen MR) is 72.8 cm³/mol. The molecular weight excluding hydrogens is 283 g/mol. The maximum atomic E-state index is 12.1. The quantitative estimate of drug-likeness (QED) is 0.907. The Labute approximate surface area is 122 Å². The van der Waals surface area contributed by atoms with Crippen molar-refractivity contribution < 1.29 is 23.0 Å². The lowest BCUT2D eigenvalue weighted by Crippen LogP contribution is -2.35. The number of hydrogen-bond acceptors (Lipinski definition) is 3. The minimum atomic E-state index is -4.65. The lowest BCUT2D eigenvalue weighted by atomic mass is 9.95. The van der Waals surface area contributed by atoms with Gasteiger partial charge < -0.3 is 9.84 Å². The third-order valence-electron chi connectivity index (χ3n) is 3.70. The Morgan fingerprint density at radius 3 is 2.57 bits per heavy atom. The summed E-state index contributed by atoms with van der Waals surface area (Å²) in [7, 11) is 0. The topological polar surface area (TPSA) is 32.7 Å². The third-order valence-corrected chi connectivity index (χ3v) is 3.70. The molecule has 0 bridgehead atoms. The van der Waals surface area contributed by atoms with E-state index in [0.29, 0.717) is 12.5 Å². The van der Waals surface area contributed by atoms with Gasteiger partial charge in [-0.15, -0.1) is 13.2 Å². The van der Waals surface area contributed by atoms with E-state index < -0.39 is 6.36 Å². The van der Waals surface area contributed by atoms with Crippen molar-refractivity contribution in [3.8, 4) is 5.75 Å². The van der Waals surface area contributed by atoms with Crippen LogP contribution in [0.1, 0.15) is 24.8 Å². The van der Waals surface area contributed by atoms with Crippen molar-refractivity contribution in [3.05, 3.63) is 29.8 Å². The van der Waals surface area contributed by atoms with Gasteiger partial charge in [-0.1, -0.05) is 12.1 Å². The molecule has 1 heterocycles. The molecule has 1 fully saturated rings. The lowest BCUT2D eigenvalue weighted by Gasteiger charge is -2.32. The highest BCUT2D eigenvalue weighted by molar-refractivity contribution is 5.27. The molecule has 1 atom stereocenters. The second kappa shape index (κ2) is 7.13. The summed E-state index contributed by atoms with van der Waals surface area (Å²) in [6.45, 7) is 2.85. The molecule has 1 aromatic carbocycles. The van der Waals surface area contributed by atoms with Gasteiger partial charge in [0.2, 0.25) is 0 Å². The molecule has 1 N–H and O–H groups in total. The Balaban J connectivity index is 1.88. The molecule has 118 valence electrons. The monoisotopic (exact) mass is 303 g/mol. The lowest BCUT2D eigenvalue weighted by molar-refractivity contribution is -0.274. The fourth-order valence-corrected chi connectivity index (χ4v) is 2.77. The Bertz CT molecular complexity index is 432. The van der Waals surface area contributed by atoms with Gasteiger partial charge in [-0.2, -0.15) is 0 Å². The largest absolute Gasteiger partial charge is 0.573 e. The molecular formula is C15H20F3NO2. The summed E-state index contributed by atoms with van der Waals surface area (Å²) in [6, 6.07) is 6.02. The van der Waals surface area contributed by atoms with Crippen LogP contribution in [-0.4, -0.2) is 36.1 Å². The number of benzene rings is 1. The van der Waals surface area contributed by atoms with Gasteiger partial charge in [-0.25, -0.2) is 0 Å². The minimum Gasteiger partial charge on any atom is -0.406 e. The van der Waals surface area contributed by atoms with Gasteiger partial charge in [0.1, 0.15) is 5.75 Å². The molecule has 21 heavy (non-hydrogen) atoms. The smallest absolute Gasteiger partial charge is 0.406 e. The third kappa shape index (κ3) is 5.55. The Morgan fingerprint density at radius 2 is 1.95 bits per heavy atom. The van der Waals surface area contributed by atoms with Crippen molar-refractivity contribution in [3.63, 3.8) is 0 Å². The summed E-state index contributed by atoms with van der Waals surface area (Å²) in [5.41, 5.74) is 0.967. The summed E-state index contributed by atoms with van der Waals surface area (Å²) >= 11 is 0. The second-order valence-electron chi connectivity index (χ2n) is 5.45. The summed E-state index contributed by atoms with van der Waals surface area (Å²) in [4.78, 5) is 2.28. The van der Waals surface area contributed by atoms with Crippen LogP contribution in [0.5, 0.6) is 5.75 Å². The first-order chi connectivity index (χ1) is 9.96. The SMILES string of the molecule is OCCC1CCCN(Cc2ccc(OC(F)(F)F)cc2)C1. The highest BCUT2D eigenvalue weighted by atomic mass is 19.4. The molecule has 0 saturated carbocycles. The van der Waals surface area contributed by atoms with Crippen molar-refractivity contribution in [2.45, 2.75) is 32.2 Å². The van der Waals surface area contributed by atoms with Crippen molar-refractivity contribution in [1.29, 1.82) is 0 Å². The van der Waals surface area contributed by atoms with Crippen LogP contribution in [-0.2, 0) is 6.54 Å². The fraction of sp³-hybridized carbons (Fsp3) is 0.600. The van der Waals surface area contributed by atoms with Gasteiger partial charge >= 0.3 is 6.36 Å². The summed E-state index contributed by atoms with van der Waals surface area (Å²) in [6.07, 6.45) is -1.60. The molecule has 1 aromatic rings.